The number of halogens is 1. The van der Waals surface area contributed by atoms with E-state index in [1.165, 1.54) is 0 Å². The van der Waals surface area contributed by atoms with Gasteiger partial charge in [-0.3, -0.25) is 0 Å². The smallest absolute Gasteiger partial charge is 0.100 e. The lowest BCUT2D eigenvalue weighted by Gasteiger charge is -2.03. The van der Waals surface area contributed by atoms with Gasteiger partial charge < -0.3 is 4.74 Å². The summed E-state index contributed by atoms with van der Waals surface area (Å²) < 4.78 is 4.93. The molecule has 0 spiro atoms. The minimum atomic E-state index is 0.656. The summed E-state index contributed by atoms with van der Waals surface area (Å²) in [5.41, 5.74) is 0.663. The minimum Gasteiger partial charge on any atom is -0.384 e. The molecule has 0 amide bonds. The Morgan fingerprint density at radius 2 is 2.36 bits per heavy atom. The van der Waals surface area contributed by atoms with Crippen LogP contribution in [0.15, 0.2) is 23.1 Å². The zero-order valence-electron chi connectivity index (χ0n) is 7.79. The highest BCUT2D eigenvalue weighted by molar-refractivity contribution is 7.99. The molecule has 4 heteroatoms. The van der Waals surface area contributed by atoms with Crippen molar-refractivity contribution in [2.75, 3.05) is 19.5 Å². The Morgan fingerprint density at radius 1 is 1.57 bits per heavy atom. The van der Waals surface area contributed by atoms with Gasteiger partial charge in [-0.1, -0.05) is 11.6 Å². The second-order valence-electron chi connectivity index (χ2n) is 2.59. The van der Waals surface area contributed by atoms with Crippen LogP contribution in [0.4, 0.5) is 0 Å². The number of ether oxygens (including phenoxy) is 1. The number of methoxy groups -OCH3 is 1. The van der Waals surface area contributed by atoms with Crippen molar-refractivity contribution in [2.24, 2.45) is 0 Å². The quantitative estimate of drug-likeness (QED) is 0.586. The van der Waals surface area contributed by atoms with Crippen molar-refractivity contribution in [3.05, 3.63) is 28.8 Å². The standard InChI is InChI=1S/C10H10ClNOS/c1-13-4-5-14-10-6-9(11)3-2-8(10)7-12/h2-3,6H,4-5H2,1H3. The summed E-state index contributed by atoms with van der Waals surface area (Å²) in [6.07, 6.45) is 0. The van der Waals surface area contributed by atoms with Gasteiger partial charge in [-0.25, -0.2) is 0 Å². The van der Waals surface area contributed by atoms with E-state index in [0.717, 1.165) is 10.6 Å². The third-order valence-electron chi connectivity index (χ3n) is 1.61. The van der Waals surface area contributed by atoms with E-state index in [1.807, 2.05) is 0 Å². The van der Waals surface area contributed by atoms with Gasteiger partial charge in [0.05, 0.1) is 12.2 Å². The van der Waals surface area contributed by atoms with Crippen LogP contribution in [0.2, 0.25) is 5.02 Å². The van der Waals surface area contributed by atoms with Crippen LogP contribution in [0.5, 0.6) is 0 Å². The van der Waals surface area contributed by atoms with Crippen molar-refractivity contribution in [3.63, 3.8) is 0 Å². The Morgan fingerprint density at radius 3 is 3.00 bits per heavy atom. The van der Waals surface area contributed by atoms with Gasteiger partial charge in [0.1, 0.15) is 6.07 Å². The molecule has 0 aliphatic carbocycles. The predicted octanol–water partition coefficient (Wildman–Crippen LogP) is 2.95. The number of hydrogen-bond donors (Lipinski definition) is 0. The molecule has 0 heterocycles. The van der Waals surface area contributed by atoms with E-state index in [9.17, 15) is 0 Å². The first-order valence-corrected chi connectivity index (χ1v) is 5.45. The van der Waals surface area contributed by atoms with Gasteiger partial charge in [0.2, 0.25) is 0 Å². The average molecular weight is 228 g/mol. The average Bonchev–Trinajstić information content (AvgIpc) is 2.19. The van der Waals surface area contributed by atoms with Crippen LogP contribution in [0.3, 0.4) is 0 Å². The van der Waals surface area contributed by atoms with Crippen molar-refractivity contribution >= 4 is 23.4 Å². The fourth-order valence-corrected chi connectivity index (χ4v) is 2.13. The topological polar surface area (TPSA) is 33.0 Å². The summed E-state index contributed by atoms with van der Waals surface area (Å²) >= 11 is 7.41. The lowest BCUT2D eigenvalue weighted by Crippen LogP contribution is -1.92. The molecule has 0 bridgehead atoms. The van der Waals surface area contributed by atoms with Crippen LogP contribution in [0, 0.1) is 11.3 Å². The summed E-state index contributed by atoms with van der Waals surface area (Å²) in [6.45, 7) is 0.669. The van der Waals surface area contributed by atoms with Crippen LogP contribution < -0.4 is 0 Å². The van der Waals surface area contributed by atoms with E-state index in [0.29, 0.717) is 17.2 Å². The maximum Gasteiger partial charge on any atom is 0.100 e. The number of benzene rings is 1. The van der Waals surface area contributed by atoms with Gasteiger partial charge in [0.15, 0.2) is 0 Å². The van der Waals surface area contributed by atoms with Crippen molar-refractivity contribution in [1.82, 2.24) is 0 Å². The zero-order valence-corrected chi connectivity index (χ0v) is 9.36. The molecule has 1 aromatic carbocycles. The molecule has 0 saturated heterocycles. The van der Waals surface area contributed by atoms with E-state index in [4.69, 9.17) is 21.6 Å². The van der Waals surface area contributed by atoms with Crippen molar-refractivity contribution in [1.29, 1.82) is 5.26 Å². The molecule has 0 aliphatic heterocycles. The normalized spacial score (nSPS) is 9.79. The molecule has 2 nitrogen and oxygen atoms in total. The molecule has 1 rings (SSSR count). The first-order valence-electron chi connectivity index (χ1n) is 4.09. The Bertz CT molecular complexity index is 348. The maximum atomic E-state index is 8.83. The van der Waals surface area contributed by atoms with E-state index >= 15 is 0 Å². The fourth-order valence-electron chi connectivity index (χ4n) is 0.943. The van der Waals surface area contributed by atoms with Gasteiger partial charge in [-0.15, -0.1) is 11.8 Å². The summed E-state index contributed by atoms with van der Waals surface area (Å²) in [5.74, 6) is 0.825. The lowest BCUT2D eigenvalue weighted by atomic mass is 10.2. The van der Waals surface area contributed by atoms with Gasteiger partial charge in [0, 0.05) is 22.8 Å². The largest absolute Gasteiger partial charge is 0.384 e. The molecule has 0 fully saturated rings. The molecule has 0 aromatic heterocycles. The van der Waals surface area contributed by atoms with Crippen molar-refractivity contribution in [3.8, 4) is 6.07 Å². The number of nitrogens with zero attached hydrogens (tertiary/aromatic N) is 1. The highest BCUT2D eigenvalue weighted by Crippen LogP contribution is 2.25. The van der Waals surface area contributed by atoms with Crippen LogP contribution >= 0.6 is 23.4 Å². The molecule has 0 radical (unpaired) electrons. The number of hydrogen-bond acceptors (Lipinski definition) is 3. The molecule has 0 atom stereocenters. The summed E-state index contributed by atoms with van der Waals surface area (Å²) in [7, 11) is 1.66. The van der Waals surface area contributed by atoms with E-state index in [-0.39, 0.29) is 0 Å². The summed E-state index contributed by atoms with van der Waals surface area (Å²) in [6, 6.07) is 7.39. The maximum absolute atomic E-state index is 8.83. The SMILES string of the molecule is COCCSc1cc(Cl)ccc1C#N. The van der Waals surface area contributed by atoms with Gasteiger partial charge in [-0.05, 0) is 18.2 Å². The molecule has 0 unspecified atom stereocenters. The molecule has 14 heavy (non-hydrogen) atoms. The minimum absolute atomic E-state index is 0.656. The molecular formula is C10H10ClNOS. The lowest BCUT2D eigenvalue weighted by molar-refractivity contribution is 0.218. The highest BCUT2D eigenvalue weighted by Gasteiger charge is 2.02. The molecule has 0 aliphatic rings. The second kappa shape index (κ2) is 5.92. The summed E-state index contributed by atoms with van der Waals surface area (Å²) in [4.78, 5) is 0.914. The Balaban J connectivity index is 2.73. The summed E-state index contributed by atoms with van der Waals surface area (Å²) in [5, 5.41) is 9.48. The van der Waals surface area contributed by atoms with E-state index in [2.05, 4.69) is 6.07 Å². The van der Waals surface area contributed by atoms with Crippen molar-refractivity contribution < 1.29 is 4.74 Å². The Hall–Kier alpha value is -0.690. The molecule has 74 valence electrons. The second-order valence-corrected chi connectivity index (χ2v) is 4.17. The van der Waals surface area contributed by atoms with Crippen LogP contribution in [-0.2, 0) is 4.74 Å². The van der Waals surface area contributed by atoms with E-state index < -0.39 is 0 Å². The monoisotopic (exact) mass is 227 g/mol. The fraction of sp³-hybridized carbons (Fsp3) is 0.300. The first-order chi connectivity index (χ1) is 6.77. The van der Waals surface area contributed by atoms with Gasteiger partial charge >= 0.3 is 0 Å². The number of thioether (sulfide) groups is 1. The third kappa shape index (κ3) is 3.22. The predicted molar refractivity (Wildman–Crippen MR) is 58.8 cm³/mol. The van der Waals surface area contributed by atoms with Crippen LogP contribution in [0.25, 0.3) is 0 Å². The van der Waals surface area contributed by atoms with Crippen LogP contribution in [0.1, 0.15) is 5.56 Å². The van der Waals surface area contributed by atoms with Gasteiger partial charge in [0.25, 0.3) is 0 Å². The Kier molecular flexibility index (Phi) is 4.81. The first kappa shape index (κ1) is 11.4. The van der Waals surface area contributed by atoms with Crippen LogP contribution in [-0.4, -0.2) is 19.5 Å². The van der Waals surface area contributed by atoms with Crippen molar-refractivity contribution in [2.45, 2.75) is 4.90 Å². The molecule has 0 N–H and O–H groups in total. The molecule has 0 saturated carbocycles. The Labute approximate surface area is 92.8 Å². The highest BCUT2D eigenvalue weighted by atomic mass is 35.5. The molecule has 1 aromatic rings. The van der Waals surface area contributed by atoms with Gasteiger partial charge in [-0.2, -0.15) is 5.26 Å². The number of rotatable bonds is 4. The number of nitriles is 1. The zero-order chi connectivity index (χ0) is 10.4. The van der Waals surface area contributed by atoms with E-state index in [1.54, 1.807) is 37.1 Å². The molecular weight excluding hydrogens is 218 g/mol. The third-order valence-corrected chi connectivity index (χ3v) is 2.86.